The highest BCUT2D eigenvalue weighted by atomic mass is 19.4. The highest BCUT2D eigenvalue weighted by Gasteiger charge is 2.42. The molecule has 0 aliphatic carbocycles. The van der Waals surface area contributed by atoms with Crippen molar-refractivity contribution >= 4 is 5.97 Å². The van der Waals surface area contributed by atoms with Gasteiger partial charge in [-0.3, -0.25) is 0 Å². The zero-order chi connectivity index (χ0) is 13.2. The summed E-state index contributed by atoms with van der Waals surface area (Å²) in [6.45, 7) is 0.963. The second-order valence-electron chi connectivity index (χ2n) is 3.28. The summed E-state index contributed by atoms with van der Waals surface area (Å²) in [5, 5.41) is 23.6. The van der Waals surface area contributed by atoms with Crippen LogP contribution in [0.5, 0.6) is 0 Å². The van der Waals surface area contributed by atoms with Crippen LogP contribution in [0.15, 0.2) is 0 Å². The number of carbonyl (C=O) groups is 1. The summed E-state index contributed by atoms with van der Waals surface area (Å²) in [5.74, 6) is -1.81. The van der Waals surface area contributed by atoms with Crippen molar-refractivity contribution < 1.29 is 28.2 Å². The van der Waals surface area contributed by atoms with Crippen molar-refractivity contribution in [1.29, 1.82) is 0 Å². The van der Waals surface area contributed by atoms with Crippen molar-refractivity contribution in [1.82, 2.24) is 15.0 Å². The van der Waals surface area contributed by atoms with Crippen molar-refractivity contribution in [3.8, 4) is 0 Å². The number of hydrogen-bond acceptors (Lipinski definition) is 4. The highest BCUT2D eigenvalue weighted by Crippen LogP contribution is 2.33. The predicted octanol–water partition coefficient (Wildman–Crippen LogP) is 0.939. The summed E-state index contributed by atoms with van der Waals surface area (Å²) in [7, 11) is 0. The molecule has 1 rings (SSSR count). The zero-order valence-corrected chi connectivity index (χ0v) is 8.77. The molecule has 0 amide bonds. The van der Waals surface area contributed by atoms with Gasteiger partial charge in [-0.05, 0) is 6.42 Å². The fourth-order valence-electron chi connectivity index (χ4n) is 1.34. The Morgan fingerprint density at radius 1 is 1.53 bits per heavy atom. The molecule has 6 nitrogen and oxygen atoms in total. The van der Waals surface area contributed by atoms with Crippen LogP contribution >= 0.6 is 0 Å². The van der Waals surface area contributed by atoms with Gasteiger partial charge in [-0.15, -0.1) is 5.10 Å². The van der Waals surface area contributed by atoms with Crippen molar-refractivity contribution in [2.45, 2.75) is 25.6 Å². The minimum atomic E-state index is -4.89. The van der Waals surface area contributed by atoms with Crippen LogP contribution in [0.1, 0.15) is 35.6 Å². The zero-order valence-electron chi connectivity index (χ0n) is 8.77. The monoisotopic (exact) mass is 253 g/mol. The van der Waals surface area contributed by atoms with Crippen molar-refractivity contribution in [3.05, 3.63) is 11.4 Å². The number of aromatic nitrogens is 3. The molecule has 0 aromatic carbocycles. The lowest BCUT2D eigenvalue weighted by Crippen LogP contribution is -2.23. The van der Waals surface area contributed by atoms with Crippen LogP contribution in [0.4, 0.5) is 13.2 Å². The summed E-state index contributed by atoms with van der Waals surface area (Å²) in [6, 6.07) is -0.952. The number of aliphatic hydroxyl groups is 1. The molecule has 0 bridgehead atoms. The predicted molar refractivity (Wildman–Crippen MR) is 48.4 cm³/mol. The Morgan fingerprint density at radius 3 is 2.47 bits per heavy atom. The average molecular weight is 253 g/mol. The fourth-order valence-corrected chi connectivity index (χ4v) is 1.34. The van der Waals surface area contributed by atoms with E-state index in [2.05, 4.69) is 10.3 Å². The SMILES string of the molecule is CCC(CO)n1nnc(C(=O)O)c1C(F)(F)F. The summed E-state index contributed by atoms with van der Waals surface area (Å²) in [5.41, 5.74) is -2.62. The second-order valence-corrected chi connectivity index (χ2v) is 3.28. The Labute approximate surface area is 93.7 Å². The van der Waals surface area contributed by atoms with E-state index in [0.717, 1.165) is 0 Å². The first-order valence-corrected chi connectivity index (χ1v) is 4.69. The third-order valence-corrected chi connectivity index (χ3v) is 2.19. The lowest BCUT2D eigenvalue weighted by atomic mass is 10.2. The minimum Gasteiger partial charge on any atom is -0.476 e. The van der Waals surface area contributed by atoms with E-state index < -0.39 is 36.2 Å². The largest absolute Gasteiger partial charge is 0.476 e. The van der Waals surface area contributed by atoms with E-state index in [1.165, 1.54) is 0 Å². The maximum absolute atomic E-state index is 12.7. The van der Waals surface area contributed by atoms with E-state index in [9.17, 15) is 18.0 Å². The van der Waals surface area contributed by atoms with E-state index in [1.807, 2.05) is 0 Å². The van der Waals surface area contributed by atoms with E-state index in [4.69, 9.17) is 10.2 Å². The van der Waals surface area contributed by atoms with Gasteiger partial charge in [0.25, 0.3) is 0 Å². The van der Waals surface area contributed by atoms with Crippen LogP contribution < -0.4 is 0 Å². The first-order chi connectivity index (χ1) is 7.82. The fraction of sp³-hybridized carbons (Fsp3) is 0.625. The third-order valence-electron chi connectivity index (χ3n) is 2.19. The molecule has 1 aromatic rings. The Kier molecular flexibility index (Phi) is 3.71. The quantitative estimate of drug-likeness (QED) is 0.833. The first-order valence-electron chi connectivity index (χ1n) is 4.69. The number of carboxylic acid groups (broad SMARTS) is 1. The molecular weight excluding hydrogens is 243 g/mol. The lowest BCUT2D eigenvalue weighted by Gasteiger charge is -2.16. The third kappa shape index (κ3) is 2.54. The molecule has 1 heterocycles. The number of carboxylic acids is 1. The summed E-state index contributed by atoms with van der Waals surface area (Å²) in [6.07, 6.45) is -4.72. The Bertz CT molecular complexity index is 412. The molecule has 0 aliphatic rings. The molecule has 0 saturated heterocycles. The summed E-state index contributed by atoms with van der Waals surface area (Å²) < 4.78 is 38.5. The number of aliphatic hydroxyl groups excluding tert-OH is 1. The van der Waals surface area contributed by atoms with Gasteiger partial charge in [0.2, 0.25) is 5.69 Å². The lowest BCUT2D eigenvalue weighted by molar-refractivity contribution is -0.145. The van der Waals surface area contributed by atoms with Gasteiger partial charge in [-0.1, -0.05) is 12.1 Å². The van der Waals surface area contributed by atoms with Gasteiger partial charge in [0.1, 0.15) is 0 Å². The molecule has 1 aromatic heterocycles. The first kappa shape index (κ1) is 13.4. The van der Waals surface area contributed by atoms with Crippen LogP contribution in [0.3, 0.4) is 0 Å². The van der Waals surface area contributed by atoms with Crippen LogP contribution in [-0.4, -0.2) is 37.8 Å². The minimum absolute atomic E-state index is 0.169. The van der Waals surface area contributed by atoms with Gasteiger partial charge in [0.15, 0.2) is 5.69 Å². The molecule has 0 saturated carbocycles. The van der Waals surface area contributed by atoms with E-state index in [1.54, 1.807) is 6.92 Å². The standard InChI is InChI=1S/C8H10F3N3O3/c1-2-4(3-15)14-6(8(9,10)11)5(7(16)17)12-13-14/h4,15H,2-3H2,1H3,(H,16,17). The van der Waals surface area contributed by atoms with Crippen molar-refractivity contribution in [3.63, 3.8) is 0 Å². The highest BCUT2D eigenvalue weighted by molar-refractivity contribution is 5.86. The van der Waals surface area contributed by atoms with Gasteiger partial charge in [0, 0.05) is 0 Å². The number of alkyl halides is 3. The maximum Gasteiger partial charge on any atom is 0.435 e. The topological polar surface area (TPSA) is 88.2 Å². The molecule has 0 radical (unpaired) electrons. The van der Waals surface area contributed by atoms with E-state index in [0.29, 0.717) is 4.68 Å². The maximum atomic E-state index is 12.7. The van der Waals surface area contributed by atoms with Gasteiger partial charge in [-0.25, -0.2) is 9.48 Å². The van der Waals surface area contributed by atoms with Crippen LogP contribution in [-0.2, 0) is 6.18 Å². The number of aromatic carboxylic acids is 1. The number of rotatable bonds is 4. The molecular formula is C8H10F3N3O3. The van der Waals surface area contributed by atoms with E-state index in [-0.39, 0.29) is 6.42 Å². The summed E-state index contributed by atoms with van der Waals surface area (Å²) in [4.78, 5) is 10.6. The number of halogens is 3. The van der Waals surface area contributed by atoms with Crippen molar-refractivity contribution in [2.24, 2.45) is 0 Å². The van der Waals surface area contributed by atoms with Crippen LogP contribution in [0.2, 0.25) is 0 Å². The van der Waals surface area contributed by atoms with Gasteiger partial charge >= 0.3 is 12.1 Å². The molecule has 9 heteroatoms. The Balaban J connectivity index is 3.37. The molecule has 2 N–H and O–H groups in total. The van der Waals surface area contributed by atoms with Crippen LogP contribution in [0.25, 0.3) is 0 Å². The van der Waals surface area contributed by atoms with E-state index >= 15 is 0 Å². The molecule has 0 fully saturated rings. The van der Waals surface area contributed by atoms with Crippen molar-refractivity contribution in [2.75, 3.05) is 6.61 Å². The Morgan fingerprint density at radius 2 is 2.12 bits per heavy atom. The average Bonchev–Trinajstić information content (AvgIpc) is 2.63. The van der Waals surface area contributed by atoms with Crippen LogP contribution in [0, 0.1) is 0 Å². The summed E-state index contributed by atoms with van der Waals surface area (Å²) >= 11 is 0. The molecule has 0 aliphatic heterocycles. The second kappa shape index (κ2) is 4.70. The molecule has 17 heavy (non-hydrogen) atoms. The number of nitrogens with zero attached hydrogens (tertiary/aromatic N) is 3. The number of hydrogen-bond donors (Lipinski definition) is 2. The Hall–Kier alpha value is -1.64. The van der Waals surface area contributed by atoms with Gasteiger partial charge in [0.05, 0.1) is 12.6 Å². The molecule has 1 atom stereocenters. The normalized spacial score (nSPS) is 13.7. The molecule has 96 valence electrons. The smallest absolute Gasteiger partial charge is 0.435 e. The van der Waals surface area contributed by atoms with Gasteiger partial charge in [-0.2, -0.15) is 13.2 Å². The van der Waals surface area contributed by atoms with Gasteiger partial charge < -0.3 is 10.2 Å². The molecule has 0 spiro atoms. The molecule has 1 unspecified atom stereocenters.